The van der Waals surface area contributed by atoms with Crippen molar-refractivity contribution in [2.45, 2.75) is 58.2 Å². The Hall–Kier alpha value is -2.04. The zero-order valence-corrected chi connectivity index (χ0v) is 20.1. The summed E-state index contributed by atoms with van der Waals surface area (Å²) in [5.41, 5.74) is 5.42. The lowest BCUT2D eigenvalue weighted by Gasteiger charge is -2.37. The molecule has 0 amide bonds. The molecule has 0 spiro atoms. The number of hydrogen-bond acceptors (Lipinski definition) is 4. The van der Waals surface area contributed by atoms with Crippen molar-refractivity contribution in [3.63, 3.8) is 0 Å². The molecule has 1 aliphatic carbocycles. The van der Waals surface area contributed by atoms with E-state index in [2.05, 4.69) is 49.1 Å². The van der Waals surface area contributed by atoms with Crippen molar-refractivity contribution in [3.05, 3.63) is 59.2 Å². The minimum atomic E-state index is -0.0942. The van der Waals surface area contributed by atoms with Gasteiger partial charge in [0.15, 0.2) is 6.29 Å². The van der Waals surface area contributed by atoms with Gasteiger partial charge in [-0.2, -0.15) is 0 Å². The van der Waals surface area contributed by atoms with Crippen LogP contribution in [0.3, 0.4) is 0 Å². The number of aromatic hydroxyl groups is 1. The van der Waals surface area contributed by atoms with Crippen LogP contribution >= 0.6 is 0 Å². The summed E-state index contributed by atoms with van der Waals surface area (Å²) in [7, 11) is 3.47. The topological polar surface area (TPSA) is 41.9 Å². The van der Waals surface area contributed by atoms with Gasteiger partial charge in [-0.15, -0.1) is 0 Å². The molecule has 4 heteroatoms. The van der Waals surface area contributed by atoms with E-state index in [1.807, 2.05) is 12.1 Å². The Kier molecular flexibility index (Phi) is 7.42. The summed E-state index contributed by atoms with van der Waals surface area (Å²) in [6.45, 7) is 6.73. The summed E-state index contributed by atoms with van der Waals surface area (Å²) in [6, 6.07) is 15.3. The van der Waals surface area contributed by atoms with Gasteiger partial charge in [0.05, 0.1) is 0 Å². The van der Waals surface area contributed by atoms with E-state index in [4.69, 9.17) is 9.47 Å². The minimum Gasteiger partial charge on any atom is -0.508 e. The molecular formula is C28H39NO3. The van der Waals surface area contributed by atoms with E-state index in [-0.39, 0.29) is 6.29 Å². The van der Waals surface area contributed by atoms with Crippen LogP contribution in [0.25, 0.3) is 0 Å². The van der Waals surface area contributed by atoms with Crippen molar-refractivity contribution in [1.82, 2.24) is 0 Å². The van der Waals surface area contributed by atoms with Crippen molar-refractivity contribution < 1.29 is 14.6 Å². The number of phenolic OH excluding ortho intramolecular Hbond substituents is 1. The molecule has 0 unspecified atom stereocenters. The number of aryl methyl sites for hydroxylation is 1. The lowest BCUT2D eigenvalue weighted by molar-refractivity contribution is -0.141. The average Bonchev–Trinajstić information content (AvgIpc) is 2.80. The third-order valence-electron chi connectivity index (χ3n) is 7.50. The lowest BCUT2D eigenvalue weighted by Crippen LogP contribution is -2.39. The first-order valence-corrected chi connectivity index (χ1v) is 12.2. The quantitative estimate of drug-likeness (QED) is 0.542. The van der Waals surface area contributed by atoms with Crippen molar-refractivity contribution in [2.75, 3.05) is 32.2 Å². The van der Waals surface area contributed by atoms with E-state index >= 15 is 0 Å². The van der Waals surface area contributed by atoms with Gasteiger partial charge in [-0.3, -0.25) is 0 Å². The Balaban J connectivity index is 1.52. The zero-order valence-electron chi connectivity index (χ0n) is 20.1. The molecule has 0 aromatic heterocycles. The second kappa shape index (κ2) is 10.3. The summed E-state index contributed by atoms with van der Waals surface area (Å²) in [5, 5.41) is 10.0. The maximum Gasteiger partial charge on any atom is 0.159 e. The third kappa shape index (κ3) is 4.97. The highest BCUT2D eigenvalue weighted by Crippen LogP contribution is 2.44. The Morgan fingerprint density at radius 3 is 2.28 bits per heavy atom. The Bertz CT molecular complexity index is 867. The average molecular weight is 438 g/mol. The fourth-order valence-corrected chi connectivity index (χ4v) is 5.99. The number of rotatable bonds is 7. The van der Waals surface area contributed by atoms with Gasteiger partial charge in [-0.1, -0.05) is 32.0 Å². The molecule has 2 aromatic carbocycles. The summed E-state index contributed by atoms with van der Waals surface area (Å²) in [5.74, 6) is 2.59. The van der Waals surface area contributed by atoms with Gasteiger partial charge in [0.25, 0.3) is 0 Å². The normalized spacial score (nSPS) is 21.9. The summed E-state index contributed by atoms with van der Waals surface area (Å²) in [4.78, 5) is 2.49. The number of piperidine rings is 1. The van der Waals surface area contributed by atoms with Crippen molar-refractivity contribution >= 4 is 5.69 Å². The van der Waals surface area contributed by atoms with Crippen LogP contribution in [0.1, 0.15) is 62.1 Å². The van der Waals surface area contributed by atoms with Crippen molar-refractivity contribution in [1.29, 1.82) is 0 Å². The molecule has 0 bridgehead atoms. The number of methoxy groups -OCH3 is 2. The van der Waals surface area contributed by atoms with E-state index in [1.165, 1.54) is 35.2 Å². The lowest BCUT2D eigenvalue weighted by atomic mass is 9.69. The van der Waals surface area contributed by atoms with Crippen LogP contribution in [0.2, 0.25) is 0 Å². The number of hydrogen-bond donors (Lipinski definition) is 1. The number of anilines is 1. The van der Waals surface area contributed by atoms with E-state index < -0.39 is 0 Å². The number of benzene rings is 2. The van der Waals surface area contributed by atoms with Crippen LogP contribution in [0.4, 0.5) is 5.69 Å². The highest BCUT2D eigenvalue weighted by Gasteiger charge is 2.32. The van der Waals surface area contributed by atoms with Gasteiger partial charge >= 0.3 is 0 Å². The van der Waals surface area contributed by atoms with E-state index in [1.54, 1.807) is 14.2 Å². The summed E-state index contributed by atoms with van der Waals surface area (Å²) < 4.78 is 11.0. The van der Waals surface area contributed by atoms with Crippen LogP contribution < -0.4 is 4.90 Å². The zero-order chi connectivity index (χ0) is 22.7. The van der Waals surface area contributed by atoms with Gasteiger partial charge in [-0.05, 0) is 84.9 Å². The van der Waals surface area contributed by atoms with Gasteiger partial charge in [0.2, 0.25) is 0 Å². The SMILES string of the molecule is COC(OC)C1CCN(c2ccc([C@H]3c4ccc(O)cc4CC[C@H]3CC(C)C)cc2)CC1. The first kappa shape index (κ1) is 23.1. The standard InChI is InChI=1S/C28H39NO3/c1-19(2)17-23-6-5-22-18-25(30)11-12-26(22)27(23)20-7-9-24(10-8-20)29-15-13-21(14-16-29)28(31-3)32-4/h7-12,18-19,21,23,27-28,30H,5-6,13-17H2,1-4H3/t23-,27+/m0/s1. The number of phenols is 1. The molecule has 0 saturated carbocycles. The first-order chi connectivity index (χ1) is 15.5. The Morgan fingerprint density at radius 2 is 1.66 bits per heavy atom. The molecule has 1 N–H and O–H groups in total. The molecule has 174 valence electrons. The second-order valence-corrected chi connectivity index (χ2v) is 10.0. The number of fused-ring (bicyclic) bond motifs is 1. The molecular weight excluding hydrogens is 398 g/mol. The molecule has 1 saturated heterocycles. The van der Waals surface area contributed by atoms with Crippen LogP contribution in [-0.2, 0) is 15.9 Å². The fourth-order valence-electron chi connectivity index (χ4n) is 5.99. The molecule has 4 nitrogen and oxygen atoms in total. The number of ether oxygens (including phenoxy) is 2. The Morgan fingerprint density at radius 1 is 0.969 bits per heavy atom. The van der Waals surface area contributed by atoms with Crippen LogP contribution in [-0.4, -0.2) is 38.7 Å². The van der Waals surface area contributed by atoms with Crippen LogP contribution in [0.15, 0.2) is 42.5 Å². The molecule has 1 fully saturated rings. The molecule has 2 aromatic rings. The molecule has 4 rings (SSSR count). The van der Waals surface area contributed by atoms with Gasteiger partial charge in [0.1, 0.15) is 5.75 Å². The first-order valence-electron chi connectivity index (χ1n) is 12.2. The molecule has 1 heterocycles. The fraction of sp³-hybridized carbons (Fsp3) is 0.571. The van der Waals surface area contributed by atoms with Gasteiger partial charge in [-0.25, -0.2) is 0 Å². The third-order valence-corrected chi connectivity index (χ3v) is 7.50. The van der Waals surface area contributed by atoms with Gasteiger partial charge in [0, 0.05) is 44.8 Å². The monoisotopic (exact) mass is 437 g/mol. The summed E-state index contributed by atoms with van der Waals surface area (Å²) >= 11 is 0. The molecule has 1 aliphatic heterocycles. The number of nitrogens with zero attached hydrogens (tertiary/aromatic N) is 1. The van der Waals surface area contributed by atoms with E-state index in [0.29, 0.717) is 29.4 Å². The molecule has 2 aliphatic rings. The van der Waals surface area contributed by atoms with Gasteiger partial charge < -0.3 is 19.5 Å². The molecule has 0 radical (unpaired) electrons. The minimum absolute atomic E-state index is 0.0942. The Labute approximate surface area is 193 Å². The molecule has 2 atom stereocenters. The van der Waals surface area contributed by atoms with E-state index in [9.17, 15) is 5.11 Å². The van der Waals surface area contributed by atoms with Crippen molar-refractivity contribution in [3.8, 4) is 5.75 Å². The second-order valence-electron chi connectivity index (χ2n) is 10.0. The smallest absolute Gasteiger partial charge is 0.159 e. The summed E-state index contributed by atoms with van der Waals surface area (Å²) in [6.07, 6.45) is 5.57. The maximum absolute atomic E-state index is 10.0. The predicted octanol–water partition coefficient (Wildman–Crippen LogP) is 5.97. The highest BCUT2D eigenvalue weighted by atomic mass is 16.7. The van der Waals surface area contributed by atoms with Crippen molar-refractivity contribution in [2.24, 2.45) is 17.8 Å². The van der Waals surface area contributed by atoms with Crippen LogP contribution in [0, 0.1) is 17.8 Å². The van der Waals surface area contributed by atoms with E-state index in [0.717, 1.165) is 32.4 Å². The predicted molar refractivity (Wildman–Crippen MR) is 130 cm³/mol. The van der Waals surface area contributed by atoms with Crippen LogP contribution in [0.5, 0.6) is 5.75 Å². The highest BCUT2D eigenvalue weighted by molar-refractivity contribution is 5.51. The molecule has 32 heavy (non-hydrogen) atoms. The maximum atomic E-state index is 10.0. The largest absolute Gasteiger partial charge is 0.508 e.